The number of rotatable bonds is 6. The standard InChI is InChI=1S/C10H16N4O3/c1-14(2)5-9(15)13-8(10(16)17)3-7-4-11-6-12-7/h4,6,8H,3,5H2,1-2H3,(H,11,12)(H,13,15)(H,16,17)/t8-/m1/s1. The zero-order valence-corrected chi connectivity index (χ0v) is 9.80. The van der Waals surface area contributed by atoms with Crippen molar-refractivity contribution in [2.45, 2.75) is 12.5 Å². The summed E-state index contributed by atoms with van der Waals surface area (Å²) in [6, 6.07) is -0.942. The molecule has 1 amide bonds. The van der Waals surface area contributed by atoms with E-state index in [1.807, 2.05) is 0 Å². The molecule has 1 atom stereocenters. The highest BCUT2D eigenvalue weighted by Crippen LogP contribution is 1.98. The van der Waals surface area contributed by atoms with E-state index in [2.05, 4.69) is 15.3 Å². The molecule has 0 saturated heterocycles. The summed E-state index contributed by atoms with van der Waals surface area (Å²) in [6.07, 6.45) is 3.19. The predicted molar refractivity (Wildman–Crippen MR) is 60.4 cm³/mol. The Labute approximate surface area is 98.8 Å². The third-order valence-electron chi connectivity index (χ3n) is 2.07. The minimum atomic E-state index is -1.06. The molecule has 7 heteroatoms. The number of nitrogens with one attached hydrogen (secondary N) is 2. The summed E-state index contributed by atoms with van der Waals surface area (Å²) in [7, 11) is 3.48. The van der Waals surface area contributed by atoms with Crippen molar-refractivity contribution in [3.63, 3.8) is 0 Å². The molecule has 0 aliphatic rings. The van der Waals surface area contributed by atoms with E-state index in [4.69, 9.17) is 5.11 Å². The lowest BCUT2D eigenvalue weighted by Gasteiger charge is -2.15. The van der Waals surface area contributed by atoms with Gasteiger partial charge in [0.15, 0.2) is 0 Å². The molecular formula is C10H16N4O3. The first-order chi connectivity index (χ1) is 7.99. The number of aliphatic carboxylic acids is 1. The highest BCUT2D eigenvalue weighted by Gasteiger charge is 2.20. The normalized spacial score (nSPS) is 12.4. The fraction of sp³-hybridized carbons (Fsp3) is 0.500. The Morgan fingerprint density at radius 3 is 2.76 bits per heavy atom. The van der Waals surface area contributed by atoms with Crippen LogP contribution in [0.1, 0.15) is 5.69 Å². The highest BCUT2D eigenvalue weighted by molar-refractivity contribution is 5.84. The third-order valence-corrected chi connectivity index (χ3v) is 2.07. The van der Waals surface area contributed by atoms with E-state index in [9.17, 15) is 9.59 Å². The van der Waals surface area contributed by atoms with E-state index in [0.717, 1.165) is 0 Å². The Kier molecular flexibility index (Phi) is 4.65. The minimum Gasteiger partial charge on any atom is -0.480 e. The van der Waals surface area contributed by atoms with Crippen molar-refractivity contribution >= 4 is 11.9 Å². The Balaban J connectivity index is 2.55. The molecule has 0 aliphatic carbocycles. The maximum absolute atomic E-state index is 11.5. The molecule has 0 saturated carbocycles. The number of carboxylic acids is 1. The fourth-order valence-electron chi connectivity index (χ4n) is 1.34. The summed E-state index contributed by atoms with van der Waals surface area (Å²) in [5.41, 5.74) is 0.669. The number of imidazole rings is 1. The molecule has 0 radical (unpaired) electrons. The van der Waals surface area contributed by atoms with Gasteiger partial charge in [-0.3, -0.25) is 4.79 Å². The summed E-state index contributed by atoms with van der Waals surface area (Å²) in [6.45, 7) is 0.159. The molecule has 1 aromatic heterocycles. The quantitative estimate of drug-likeness (QED) is 0.597. The average molecular weight is 240 g/mol. The number of likely N-dealkylation sites (N-methyl/N-ethyl adjacent to an activating group) is 1. The second-order valence-corrected chi connectivity index (χ2v) is 3.98. The summed E-state index contributed by atoms with van der Waals surface area (Å²) < 4.78 is 0. The molecule has 0 spiro atoms. The summed E-state index contributed by atoms with van der Waals surface area (Å²) in [5, 5.41) is 11.5. The number of carboxylic acid groups (broad SMARTS) is 1. The summed E-state index contributed by atoms with van der Waals surface area (Å²) >= 11 is 0. The molecule has 1 heterocycles. The van der Waals surface area contributed by atoms with Gasteiger partial charge in [0.1, 0.15) is 6.04 Å². The maximum atomic E-state index is 11.5. The minimum absolute atomic E-state index is 0.159. The van der Waals surface area contributed by atoms with E-state index in [1.54, 1.807) is 19.0 Å². The van der Waals surface area contributed by atoms with Crippen LogP contribution in [0, 0.1) is 0 Å². The number of aromatic nitrogens is 2. The number of hydrogen-bond donors (Lipinski definition) is 3. The number of H-pyrrole nitrogens is 1. The topological polar surface area (TPSA) is 98.3 Å². The zero-order valence-electron chi connectivity index (χ0n) is 9.80. The second-order valence-electron chi connectivity index (χ2n) is 3.98. The molecule has 0 aromatic carbocycles. The molecule has 0 unspecified atom stereocenters. The van der Waals surface area contributed by atoms with E-state index >= 15 is 0 Å². The van der Waals surface area contributed by atoms with Crippen molar-refractivity contribution in [3.05, 3.63) is 18.2 Å². The van der Waals surface area contributed by atoms with Crippen LogP contribution >= 0.6 is 0 Å². The number of nitrogens with zero attached hydrogens (tertiary/aromatic N) is 2. The van der Waals surface area contributed by atoms with Crippen LogP contribution < -0.4 is 5.32 Å². The van der Waals surface area contributed by atoms with Crippen LogP contribution in [0.3, 0.4) is 0 Å². The number of hydrogen-bond acceptors (Lipinski definition) is 4. The van der Waals surface area contributed by atoms with Crippen molar-refractivity contribution in [1.29, 1.82) is 0 Å². The lowest BCUT2D eigenvalue weighted by Crippen LogP contribution is -2.45. The number of aromatic amines is 1. The van der Waals surface area contributed by atoms with Gasteiger partial charge in [-0.15, -0.1) is 0 Å². The van der Waals surface area contributed by atoms with Crippen LogP contribution in [0.4, 0.5) is 0 Å². The predicted octanol–water partition coefficient (Wildman–Crippen LogP) is -0.917. The van der Waals surface area contributed by atoms with E-state index in [0.29, 0.717) is 5.69 Å². The molecule has 1 rings (SSSR count). The summed E-state index contributed by atoms with van der Waals surface area (Å²) in [4.78, 5) is 30.7. The van der Waals surface area contributed by atoms with Crippen molar-refractivity contribution in [3.8, 4) is 0 Å². The van der Waals surface area contributed by atoms with Gasteiger partial charge in [0.05, 0.1) is 12.9 Å². The largest absolute Gasteiger partial charge is 0.480 e. The highest BCUT2D eigenvalue weighted by atomic mass is 16.4. The van der Waals surface area contributed by atoms with Crippen molar-refractivity contribution in [2.24, 2.45) is 0 Å². The van der Waals surface area contributed by atoms with Crippen LogP contribution in [-0.4, -0.2) is 58.5 Å². The lowest BCUT2D eigenvalue weighted by molar-refractivity contribution is -0.141. The van der Waals surface area contributed by atoms with Crippen molar-refractivity contribution in [1.82, 2.24) is 20.2 Å². The Bertz CT molecular complexity index is 375. The number of carbonyl (C=O) groups excluding carboxylic acids is 1. The average Bonchev–Trinajstić information content (AvgIpc) is 2.67. The maximum Gasteiger partial charge on any atom is 0.326 e. The monoisotopic (exact) mass is 240 g/mol. The van der Waals surface area contributed by atoms with Crippen LogP contribution in [0.15, 0.2) is 12.5 Å². The first kappa shape index (κ1) is 13.2. The molecule has 1 aromatic rings. The summed E-state index contributed by atoms with van der Waals surface area (Å²) in [5.74, 6) is -1.38. The van der Waals surface area contributed by atoms with E-state index < -0.39 is 12.0 Å². The van der Waals surface area contributed by atoms with Crippen molar-refractivity contribution in [2.75, 3.05) is 20.6 Å². The molecule has 7 nitrogen and oxygen atoms in total. The van der Waals surface area contributed by atoms with Crippen molar-refractivity contribution < 1.29 is 14.7 Å². The van der Waals surface area contributed by atoms with Gasteiger partial charge in [-0.2, -0.15) is 0 Å². The molecular weight excluding hydrogens is 224 g/mol. The molecule has 17 heavy (non-hydrogen) atoms. The second kappa shape index (κ2) is 6.00. The van der Waals surface area contributed by atoms with Gasteiger partial charge in [0, 0.05) is 18.3 Å². The first-order valence-corrected chi connectivity index (χ1v) is 5.13. The first-order valence-electron chi connectivity index (χ1n) is 5.13. The van der Waals surface area contributed by atoms with Crippen LogP contribution in [0.2, 0.25) is 0 Å². The van der Waals surface area contributed by atoms with Crippen LogP contribution in [0.5, 0.6) is 0 Å². The van der Waals surface area contributed by atoms with Gasteiger partial charge in [0.2, 0.25) is 5.91 Å². The molecule has 94 valence electrons. The third kappa shape index (κ3) is 4.64. The Hall–Kier alpha value is -1.89. The smallest absolute Gasteiger partial charge is 0.326 e. The van der Waals surface area contributed by atoms with Gasteiger partial charge in [0.25, 0.3) is 0 Å². The van der Waals surface area contributed by atoms with Crippen LogP contribution in [0.25, 0.3) is 0 Å². The van der Waals surface area contributed by atoms with Crippen LogP contribution in [-0.2, 0) is 16.0 Å². The molecule has 0 fully saturated rings. The molecule has 0 aliphatic heterocycles. The fourth-order valence-corrected chi connectivity index (χ4v) is 1.34. The molecule has 3 N–H and O–H groups in total. The number of amides is 1. The SMILES string of the molecule is CN(C)CC(=O)N[C@H](Cc1cnc[nH]1)C(=O)O. The van der Waals surface area contributed by atoms with Gasteiger partial charge in [-0.05, 0) is 14.1 Å². The van der Waals surface area contributed by atoms with Gasteiger partial charge in [-0.1, -0.05) is 0 Å². The zero-order chi connectivity index (χ0) is 12.8. The van der Waals surface area contributed by atoms with Gasteiger partial charge >= 0.3 is 5.97 Å². The van der Waals surface area contributed by atoms with Gasteiger partial charge in [-0.25, -0.2) is 9.78 Å². The van der Waals surface area contributed by atoms with E-state index in [1.165, 1.54) is 12.5 Å². The molecule has 0 bridgehead atoms. The number of carbonyl (C=O) groups is 2. The Morgan fingerprint density at radius 1 is 1.59 bits per heavy atom. The lowest BCUT2D eigenvalue weighted by atomic mass is 10.1. The van der Waals surface area contributed by atoms with E-state index in [-0.39, 0.29) is 18.9 Å². The van der Waals surface area contributed by atoms with Gasteiger partial charge < -0.3 is 20.3 Å². The Morgan fingerprint density at radius 2 is 2.29 bits per heavy atom.